The molecule has 2 aliphatic heterocycles. The molecule has 0 atom stereocenters. The van der Waals surface area contributed by atoms with Crippen molar-refractivity contribution in [3.05, 3.63) is 0 Å². The third-order valence-electron chi connectivity index (χ3n) is 1.49. The van der Waals surface area contributed by atoms with Crippen molar-refractivity contribution in [3.8, 4) is 0 Å². The molecule has 0 aromatic carbocycles. The van der Waals surface area contributed by atoms with E-state index in [0.29, 0.717) is 0 Å². The molecule has 5 heteroatoms. The van der Waals surface area contributed by atoms with Gasteiger partial charge in [0.15, 0.2) is 0 Å². The largest absolute Gasteiger partial charge is 0.400 e. The van der Waals surface area contributed by atoms with Gasteiger partial charge in [-0.3, -0.25) is 0 Å². The van der Waals surface area contributed by atoms with Crippen LogP contribution in [0.4, 0.5) is 0 Å². The van der Waals surface area contributed by atoms with E-state index in [9.17, 15) is 0 Å². The molecule has 2 heterocycles. The van der Waals surface area contributed by atoms with Gasteiger partial charge in [0.1, 0.15) is 0 Å². The van der Waals surface area contributed by atoms with Crippen molar-refractivity contribution in [2.24, 2.45) is 0 Å². The summed E-state index contributed by atoms with van der Waals surface area (Å²) in [5.41, 5.74) is 0. The van der Waals surface area contributed by atoms with E-state index in [0.717, 1.165) is 60.0 Å². The fraction of sp³-hybridized carbons (Fsp3) is 1.00. The molecule has 5 nitrogen and oxygen atoms in total. The van der Waals surface area contributed by atoms with Crippen LogP contribution in [0.2, 0.25) is 0 Å². The summed E-state index contributed by atoms with van der Waals surface area (Å²) in [6, 6.07) is 0. The second kappa shape index (κ2) is 12.8. The predicted molar refractivity (Wildman–Crippen MR) is 51.4 cm³/mol. The van der Waals surface area contributed by atoms with Gasteiger partial charge in [0.05, 0.1) is 52.9 Å². The predicted octanol–water partition coefficient (Wildman–Crippen LogP) is -0.325. The van der Waals surface area contributed by atoms with Crippen LogP contribution in [0.3, 0.4) is 0 Å². The topological polar surface area (TPSA) is 57.2 Å². The average Bonchev–Trinajstić information content (AvgIpc) is 2.37. The molecule has 2 rings (SSSR count). The first-order valence-corrected chi connectivity index (χ1v) is 4.76. The number of rotatable bonds is 0. The van der Waals surface area contributed by atoms with E-state index in [1.807, 2.05) is 0 Å². The van der Waals surface area contributed by atoms with Crippen molar-refractivity contribution in [3.63, 3.8) is 0 Å². The van der Waals surface area contributed by atoms with Gasteiger partial charge in [-0.15, -0.1) is 0 Å². The Balaban J connectivity index is 0.000000206. The molecule has 2 saturated heterocycles. The highest BCUT2D eigenvalue weighted by Crippen LogP contribution is 1.85. The average molecular weight is 208 g/mol. The van der Waals surface area contributed by atoms with Gasteiger partial charge >= 0.3 is 0 Å². The lowest BCUT2D eigenvalue weighted by Crippen LogP contribution is -2.16. The lowest BCUT2D eigenvalue weighted by Gasteiger charge is -2.09. The van der Waals surface area contributed by atoms with E-state index in [-0.39, 0.29) is 0 Å². The van der Waals surface area contributed by atoms with Crippen molar-refractivity contribution in [2.45, 2.75) is 0 Å². The van der Waals surface area contributed by atoms with Crippen LogP contribution >= 0.6 is 0 Å². The molecule has 0 amide bonds. The number of hydrogen-bond donors (Lipinski definition) is 1. The van der Waals surface area contributed by atoms with Crippen LogP contribution in [-0.2, 0) is 18.9 Å². The monoisotopic (exact) mass is 208 g/mol. The number of aliphatic hydroxyl groups excluding tert-OH is 1. The van der Waals surface area contributed by atoms with Gasteiger partial charge in [0.25, 0.3) is 0 Å². The minimum absolute atomic E-state index is 0.778. The highest BCUT2D eigenvalue weighted by molar-refractivity contribution is 4.37. The van der Waals surface area contributed by atoms with E-state index >= 15 is 0 Å². The van der Waals surface area contributed by atoms with E-state index in [1.54, 1.807) is 0 Å². The molecular formula is C9H20O5. The fourth-order valence-electron chi connectivity index (χ4n) is 0.880. The van der Waals surface area contributed by atoms with Crippen LogP contribution in [-0.4, -0.2) is 65.1 Å². The number of ether oxygens (including phenoxy) is 4. The third kappa shape index (κ3) is 9.88. The lowest BCUT2D eigenvalue weighted by atomic mass is 10.6. The summed E-state index contributed by atoms with van der Waals surface area (Å²) in [5, 5.41) is 7.00. The Kier molecular flexibility index (Phi) is 12.6. The van der Waals surface area contributed by atoms with Crippen LogP contribution in [0, 0.1) is 0 Å². The summed E-state index contributed by atoms with van der Waals surface area (Å²) >= 11 is 0. The van der Waals surface area contributed by atoms with Crippen LogP contribution in [0.25, 0.3) is 0 Å². The van der Waals surface area contributed by atoms with Gasteiger partial charge in [0, 0.05) is 7.11 Å². The van der Waals surface area contributed by atoms with E-state index in [4.69, 9.17) is 24.1 Å². The molecular weight excluding hydrogens is 188 g/mol. The molecule has 1 N–H and O–H groups in total. The van der Waals surface area contributed by atoms with Crippen molar-refractivity contribution < 1.29 is 24.1 Å². The number of hydrogen-bond acceptors (Lipinski definition) is 5. The summed E-state index contributed by atoms with van der Waals surface area (Å²) in [6.45, 7) is 6.22. The quantitative estimate of drug-likeness (QED) is 0.591. The molecule has 2 fully saturated rings. The van der Waals surface area contributed by atoms with Gasteiger partial charge in [-0.25, -0.2) is 0 Å². The van der Waals surface area contributed by atoms with Gasteiger partial charge in [-0.1, -0.05) is 0 Å². The van der Waals surface area contributed by atoms with Crippen LogP contribution in [0.5, 0.6) is 0 Å². The zero-order valence-corrected chi connectivity index (χ0v) is 8.74. The summed E-state index contributed by atoms with van der Waals surface area (Å²) in [7, 11) is 1.00. The van der Waals surface area contributed by atoms with Crippen molar-refractivity contribution in [1.82, 2.24) is 0 Å². The second-order valence-corrected chi connectivity index (χ2v) is 2.45. The normalized spacial score (nSPS) is 21.0. The summed E-state index contributed by atoms with van der Waals surface area (Å²) in [4.78, 5) is 0. The first-order chi connectivity index (χ1) is 7.00. The first kappa shape index (κ1) is 13.8. The molecule has 14 heavy (non-hydrogen) atoms. The van der Waals surface area contributed by atoms with Crippen molar-refractivity contribution >= 4 is 0 Å². The number of aliphatic hydroxyl groups is 1. The Bertz CT molecular complexity index is 56.2. The minimum atomic E-state index is 0.778. The van der Waals surface area contributed by atoms with Gasteiger partial charge in [0.2, 0.25) is 0 Å². The standard InChI is InChI=1S/2C4H8O2.CH4O/c2*1-2-6-4-3-5-1;1-2/h2*1-4H2;2H,1H3. The smallest absolute Gasteiger partial charge is 0.0701 e. The highest BCUT2D eigenvalue weighted by atomic mass is 16.6. The summed E-state index contributed by atoms with van der Waals surface area (Å²) in [5.74, 6) is 0. The first-order valence-electron chi connectivity index (χ1n) is 4.76. The molecule has 0 aromatic heterocycles. The molecule has 0 unspecified atom stereocenters. The molecule has 0 radical (unpaired) electrons. The zero-order valence-electron chi connectivity index (χ0n) is 8.74. The third-order valence-corrected chi connectivity index (χ3v) is 1.49. The van der Waals surface area contributed by atoms with E-state index in [2.05, 4.69) is 0 Å². The van der Waals surface area contributed by atoms with E-state index < -0.39 is 0 Å². The molecule has 2 aliphatic rings. The van der Waals surface area contributed by atoms with Crippen LogP contribution in [0.15, 0.2) is 0 Å². The minimum Gasteiger partial charge on any atom is -0.400 e. The summed E-state index contributed by atoms with van der Waals surface area (Å²) in [6.07, 6.45) is 0. The Morgan fingerprint density at radius 3 is 0.714 bits per heavy atom. The molecule has 0 aliphatic carbocycles. The Labute approximate surface area is 84.9 Å². The molecule has 0 bridgehead atoms. The van der Waals surface area contributed by atoms with E-state index in [1.165, 1.54) is 0 Å². The Morgan fingerprint density at radius 2 is 0.643 bits per heavy atom. The lowest BCUT2D eigenvalue weighted by molar-refractivity contribution is -0.0334. The molecule has 0 saturated carbocycles. The summed E-state index contributed by atoms with van der Waals surface area (Å²) < 4.78 is 19.8. The Hall–Kier alpha value is -0.200. The van der Waals surface area contributed by atoms with Gasteiger partial charge in [-0.05, 0) is 0 Å². The highest BCUT2D eigenvalue weighted by Gasteiger charge is 1.94. The SMILES string of the molecule is C1COCCO1.C1COCCO1.CO. The second-order valence-electron chi connectivity index (χ2n) is 2.45. The van der Waals surface area contributed by atoms with Crippen LogP contribution in [0.1, 0.15) is 0 Å². The van der Waals surface area contributed by atoms with Gasteiger partial charge < -0.3 is 24.1 Å². The molecule has 0 spiro atoms. The van der Waals surface area contributed by atoms with Crippen molar-refractivity contribution in [1.29, 1.82) is 0 Å². The molecule has 0 aromatic rings. The maximum atomic E-state index is 7.00. The van der Waals surface area contributed by atoms with Gasteiger partial charge in [-0.2, -0.15) is 0 Å². The maximum Gasteiger partial charge on any atom is 0.0701 e. The molecule has 86 valence electrons. The maximum absolute atomic E-state index is 7.00. The zero-order chi connectivity index (χ0) is 10.5. The van der Waals surface area contributed by atoms with Crippen LogP contribution < -0.4 is 0 Å². The Morgan fingerprint density at radius 1 is 0.500 bits per heavy atom. The van der Waals surface area contributed by atoms with Crippen molar-refractivity contribution in [2.75, 3.05) is 60.0 Å². The fourth-order valence-corrected chi connectivity index (χ4v) is 0.880.